The van der Waals surface area contributed by atoms with E-state index in [-0.39, 0.29) is 23.3 Å². The normalized spacial score (nSPS) is 15.5. The van der Waals surface area contributed by atoms with Gasteiger partial charge in [0.1, 0.15) is 63.1 Å². The van der Waals surface area contributed by atoms with Crippen LogP contribution in [0, 0.1) is 5.92 Å². The van der Waals surface area contributed by atoms with Crippen molar-refractivity contribution in [1.82, 2.24) is 58.7 Å². The zero-order valence-electron chi connectivity index (χ0n) is 52.0. The van der Waals surface area contributed by atoms with Crippen LogP contribution < -0.4 is 36.2 Å². The van der Waals surface area contributed by atoms with Gasteiger partial charge < -0.3 is 62.8 Å². The maximum Gasteiger partial charge on any atom is 0.275 e. The van der Waals surface area contributed by atoms with Gasteiger partial charge in [-0.05, 0) is 109 Å². The van der Waals surface area contributed by atoms with E-state index in [0.29, 0.717) is 71.1 Å². The highest BCUT2D eigenvalue weighted by Crippen LogP contribution is 2.34. The van der Waals surface area contributed by atoms with Crippen molar-refractivity contribution in [3.05, 3.63) is 232 Å². The molecule has 3 fully saturated rings. The number of nitrogens with zero attached hydrogens (tertiary/aromatic N) is 8. The molecule has 0 aliphatic carbocycles. The van der Waals surface area contributed by atoms with Crippen molar-refractivity contribution in [3.8, 4) is 67.7 Å². The molecule has 2 unspecified atom stereocenters. The zero-order valence-corrected chi connectivity index (χ0v) is 52.0. The van der Waals surface area contributed by atoms with Crippen LogP contribution in [0.15, 0.2) is 216 Å². The molecule has 3 aliphatic rings. The SMILES string of the molecule is O=c1[nH]cnc2c(-c3ccc(OCC(O)CN4CCOCC4)cc3)cn(-c3ccccc3)c12.O=c1[nH]cnc2c(-c3ccc(OCC4CCNC4)cc3)cn(-c3ccccc3)c12.O=c1[nH]cnc2c(-c3ccc(OCCCN4CCOCC4)cc3)cn(-c3ccccc3)c12. The summed E-state index contributed by atoms with van der Waals surface area (Å²) in [5.41, 5.74) is 11.4. The van der Waals surface area contributed by atoms with Crippen molar-refractivity contribution < 1.29 is 28.8 Å². The fourth-order valence-corrected chi connectivity index (χ4v) is 12.1. The third-order valence-electron chi connectivity index (χ3n) is 17.0. The number of aromatic nitrogens is 9. The highest BCUT2D eigenvalue weighted by atomic mass is 16.5. The van der Waals surface area contributed by atoms with Crippen LogP contribution in [0.1, 0.15) is 12.8 Å². The standard InChI is InChI=1S/C25H26N4O4.C25H26N4O3.C23H22N4O2/c30-20(14-28-10-12-32-13-11-28)16-33-21-8-6-18(7-9-21)22-15-29(19-4-2-1-3-5-19)24-23(22)26-17-27-25(24)31;30-25-24-23(26-18-27-25)22(17-29(24)20-5-2-1-3-6-20)19-7-9-21(10-8-19)32-14-4-11-28-12-15-31-16-13-28;28-23-22-21(25-15-26-23)20(13-27(22)18-4-2-1-3-5-18)17-6-8-19(9-7-17)29-14-16-10-11-24-12-16/h1-9,15,17,20,30H,10-14,16H2,(H,26,27,31);1-3,5-10,17-18H,4,11-16H2,(H,26,27,30);1-9,13,15-16,24H,10-12,14H2,(H,25,26,28). The number of fused-ring (bicyclic) bond motifs is 3. The number of hydrogen-bond donors (Lipinski definition) is 5. The average molecular weight is 1260 g/mol. The lowest BCUT2D eigenvalue weighted by Crippen LogP contribution is -2.42. The molecule has 0 bridgehead atoms. The molecule has 2 atom stereocenters. The van der Waals surface area contributed by atoms with E-state index >= 15 is 0 Å². The molecule has 480 valence electrons. The van der Waals surface area contributed by atoms with Gasteiger partial charge in [0.25, 0.3) is 16.7 Å². The molecule has 0 spiro atoms. The summed E-state index contributed by atoms with van der Waals surface area (Å²) in [5.74, 6) is 2.96. The van der Waals surface area contributed by atoms with E-state index in [1.54, 1.807) is 0 Å². The molecule has 12 aromatic rings. The summed E-state index contributed by atoms with van der Waals surface area (Å²) in [7, 11) is 0. The van der Waals surface area contributed by atoms with Crippen molar-refractivity contribution in [1.29, 1.82) is 0 Å². The largest absolute Gasteiger partial charge is 0.494 e. The summed E-state index contributed by atoms with van der Waals surface area (Å²) in [4.78, 5) is 63.7. The van der Waals surface area contributed by atoms with Gasteiger partial charge in [0.15, 0.2) is 0 Å². The quantitative estimate of drug-likeness (QED) is 0.0474. The molecule has 21 nitrogen and oxygen atoms in total. The minimum Gasteiger partial charge on any atom is -0.494 e. The number of aromatic amines is 3. The Balaban J connectivity index is 0.000000128. The third kappa shape index (κ3) is 14.8. The van der Waals surface area contributed by atoms with Gasteiger partial charge in [0.05, 0.1) is 58.6 Å². The smallest absolute Gasteiger partial charge is 0.275 e. The van der Waals surface area contributed by atoms with E-state index in [0.717, 1.165) is 140 Å². The van der Waals surface area contributed by atoms with Crippen molar-refractivity contribution in [3.63, 3.8) is 0 Å². The predicted molar refractivity (Wildman–Crippen MR) is 364 cm³/mol. The molecular formula is C73H74N12O9. The first-order valence-corrected chi connectivity index (χ1v) is 31.9. The van der Waals surface area contributed by atoms with Gasteiger partial charge in [-0.15, -0.1) is 0 Å². The summed E-state index contributed by atoms with van der Waals surface area (Å²) in [6.07, 6.45) is 11.8. The fourth-order valence-electron chi connectivity index (χ4n) is 12.1. The molecular weight excluding hydrogens is 1190 g/mol. The zero-order chi connectivity index (χ0) is 64.0. The molecule has 6 aromatic heterocycles. The van der Waals surface area contributed by atoms with Crippen LogP contribution >= 0.6 is 0 Å². The summed E-state index contributed by atoms with van der Waals surface area (Å²) in [6, 6.07) is 53.0. The molecule has 21 heteroatoms. The summed E-state index contributed by atoms with van der Waals surface area (Å²) >= 11 is 0. The molecule has 3 aliphatic heterocycles. The molecule has 0 radical (unpaired) electrons. The number of ether oxygens (including phenoxy) is 5. The second kappa shape index (κ2) is 30.0. The number of nitrogens with one attached hydrogen (secondary N) is 4. The van der Waals surface area contributed by atoms with Gasteiger partial charge in [0, 0.05) is 104 Å². The minimum absolute atomic E-state index is 0.157. The summed E-state index contributed by atoms with van der Waals surface area (Å²) in [6.45, 7) is 12.1. The lowest BCUT2D eigenvalue weighted by Gasteiger charge is -2.28. The van der Waals surface area contributed by atoms with E-state index in [1.807, 2.05) is 196 Å². The molecule has 5 N–H and O–H groups in total. The number of morpholine rings is 2. The van der Waals surface area contributed by atoms with E-state index in [2.05, 4.69) is 45.0 Å². The van der Waals surface area contributed by atoms with Crippen LogP contribution in [0.2, 0.25) is 0 Å². The van der Waals surface area contributed by atoms with Crippen molar-refractivity contribution in [2.24, 2.45) is 5.92 Å². The number of β-amino-alcohol motifs (C(OH)–C–C–N with tert-alkyl or cyclic N) is 1. The lowest BCUT2D eigenvalue weighted by atomic mass is 10.1. The Labute approximate surface area is 541 Å². The Morgan fingerprint density at radius 2 is 0.883 bits per heavy atom. The molecule has 9 heterocycles. The van der Waals surface area contributed by atoms with Crippen LogP contribution in [-0.2, 0) is 9.47 Å². The van der Waals surface area contributed by atoms with Crippen LogP contribution in [0.25, 0.3) is 83.5 Å². The molecule has 6 aromatic carbocycles. The Morgan fingerprint density at radius 1 is 0.489 bits per heavy atom. The predicted octanol–water partition coefficient (Wildman–Crippen LogP) is 9.30. The third-order valence-corrected chi connectivity index (χ3v) is 17.0. The van der Waals surface area contributed by atoms with Crippen LogP contribution in [0.4, 0.5) is 0 Å². The average Bonchev–Trinajstić information content (AvgIpc) is 1.64. The maximum absolute atomic E-state index is 12.6. The number of aliphatic hydroxyl groups excluding tert-OH is 1. The van der Waals surface area contributed by atoms with Crippen molar-refractivity contribution >= 4 is 33.1 Å². The first-order valence-electron chi connectivity index (χ1n) is 31.9. The highest BCUT2D eigenvalue weighted by Gasteiger charge is 2.21. The summed E-state index contributed by atoms with van der Waals surface area (Å²) < 4.78 is 34.1. The fraction of sp³-hybridized carbons (Fsp3) is 0.260. The van der Waals surface area contributed by atoms with E-state index in [1.165, 1.54) is 19.0 Å². The first-order chi connectivity index (χ1) is 46.3. The van der Waals surface area contributed by atoms with Gasteiger partial charge in [-0.1, -0.05) is 91.0 Å². The van der Waals surface area contributed by atoms with E-state index in [9.17, 15) is 19.5 Å². The molecule has 0 saturated carbocycles. The lowest BCUT2D eigenvalue weighted by molar-refractivity contribution is 0.00465. The number of benzene rings is 6. The number of rotatable bonds is 19. The Hall–Kier alpha value is -10.3. The van der Waals surface area contributed by atoms with Gasteiger partial charge in [-0.25, -0.2) is 15.0 Å². The van der Waals surface area contributed by atoms with Crippen molar-refractivity contribution in [2.45, 2.75) is 18.9 Å². The number of para-hydroxylation sites is 3. The van der Waals surface area contributed by atoms with E-state index < -0.39 is 6.10 Å². The number of aliphatic hydroxyl groups is 1. The van der Waals surface area contributed by atoms with Gasteiger partial charge >= 0.3 is 0 Å². The Bertz CT molecular complexity index is 4590. The summed E-state index contributed by atoms with van der Waals surface area (Å²) in [5, 5.41) is 13.7. The second-order valence-electron chi connectivity index (χ2n) is 23.3. The molecule has 94 heavy (non-hydrogen) atoms. The second-order valence-corrected chi connectivity index (χ2v) is 23.3. The molecule has 3 saturated heterocycles. The van der Waals surface area contributed by atoms with Crippen LogP contribution in [-0.4, -0.2) is 163 Å². The van der Waals surface area contributed by atoms with Gasteiger partial charge in [0.2, 0.25) is 0 Å². The van der Waals surface area contributed by atoms with Gasteiger partial charge in [-0.3, -0.25) is 24.2 Å². The van der Waals surface area contributed by atoms with E-state index in [4.69, 9.17) is 23.7 Å². The van der Waals surface area contributed by atoms with Crippen LogP contribution in [0.5, 0.6) is 17.2 Å². The van der Waals surface area contributed by atoms with Crippen molar-refractivity contribution in [2.75, 3.05) is 98.6 Å². The minimum atomic E-state index is -0.567. The molecule has 15 rings (SSSR count). The topological polar surface area (TPSA) is 237 Å². The Kier molecular flexibility index (Phi) is 20.0. The number of H-pyrrole nitrogens is 3. The first kappa shape index (κ1) is 62.5. The number of hydrogen-bond acceptors (Lipinski definition) is 15. The van der Waals surface area contributed by atoms with Crippen LogP contribution in [0.3, 0.4) is 0 Å². The highest BCUT2D eigenvalue weighted by molar-refractivity contribution is 5.95. The molecule has 0 amide bonds. The monoisotopic (exact) mass is 1260 g/mol. The van der Waals surface area contributed by atoms with Gasteiger partial charge in [-0.2, -0.15) is 0 Å². The Morgan fingerprint density at radius 3 is 1.29 bits per heavy atom. The maximum atomic E-state index is 12.6.